The number of ether oxygens (including phenoxy) is 1. The third-order valence-electron chi connectivity index (χ3n) is 6.09. The molecule has 0 saturated heterocycles. The highest BCUT2D eigenvalue weighted by atomic mass is 32.2. The van der Waals surface area contributed by atoms with Gasteiger partial charge in [0.15, 0.2) is 0 Å². The smallest absolute Gasteiger partial charge is 0.339 e. The molecule has 32 heavy (non-hydrogen) atoms. The lowest BCUT2D eigenvalue weighted by molar-refractivity contribution is 0.00190. The lowest BCUT2D eigenvalue weighted by Crippen LogP contribution is -2.30. The Morgan fingerprint density at radius 2 is 1.59 bits per heavy atom. The van der Waals surface area contributed by atoms with Crippen LogP contribution in [0.2, 0.25) is 0 Å². The Labute approximate surface area is 192 Å². The first-order chi connectivity index (χ1) is 15.1. The second-order valence-electron chi connectivity index (χ2n) is 8.39. The maximum Gasteiger partial charge on any atom is 0.339 e. The second kappa shape index (κ2) is 13.6. The molecule has 0 amide bonds. The zero-order chi connectivity index (χ0) is 24.3. The van der Waals surface area contributed by atoms with Crippen molar-refractivity contribution in [3.63, 3.8) is 0 Å². The van der Waals surface area contributed by atoms with Crippen molar-refractivity contribution in [2.45, 2.75) is 96.5 Å². The molecule has 1 rings (SSSR count). The van der Waals surface area contributed by atoms with Crippen molar-refractivity contribution in [3.8, 4) is 0 Å². The Hall–Kier alpha value is -1.93. The van der Waals surface area contributed by atoms with Crippen LogP contribution in [0.3, 0.4) is 0 Å². The first kappa shape index (κ1) is 28.1. The van der Waals surface area contributed by atoms with Gasteiger partial charge in [-0.05, 0) is 49.3 Å². The van der Waals surface area contributed by atoms with E-state index in [1.54, 1.807) is 0 Å². The third-order valence-corrected chi connectivity index (χ3v) is 6.93. The van der Waals surface area contributed by atoms with Crippen molar-refractivity contribution in [3.05, 3.63) is 29.3 Å². The van der Waals surface area contributed by atoms with Crippen LogP contribution in [0.5, 0.6) is 0 Å². The number of hydrogen-bond donors (Lipinski definition) is 2. The molecule has 2 N–H and O–H groups in total. The summed E-state index contributed by atoms with van der Waals surface area (Å²) in [5.41, 5.74) is -0.731. The predicted molar refractivity (Wildman–Crippen MR) is 124 cm³/mol. The lowest BCUT2D eigenvalue weighted by Gasteiger charge is -2.30. The summed E-state index contributed by atoms with van der Waals surface area (Å²) in [6.45, 7) is 8.45. The number of carbonyl (C=O) groups excluding carboxylic acids is 1. The van der Waals surface area contributed by atoms with Gasteiger partial charge in [0.2, 0.25) is 0 Å². The minimum atomic E-state index is -4.60. The van der Waals surface area contributed by atoms with E-state index in [4.69, 9.17) is 4.74 Å². The zero-order valence-corrected chi connectivity index (χ0v) is 20.5. The maximum atomic E-state index is 13.0. The summed E-state index contributed by atoms with van der Waals surface area (Å²) in [5.74, 6) is -1.68. The number of rotatable bonds is 15. The molecule has 0 bridgehead atoms. The minimum absolute atomic E-state index is 0.167. The topological polar surface area (TPSA) is 118 Å². The van der Waals surface area contributed by atoms with Gasteiger partial charge in [-0.3, -0.25) is 4.55 Å². The van der Waals surface area contributed by atoms with Gasteiger partial charge in [-0.1, -0.05) is 66.2 Å². The highest BCUT2D eigenvalue weighted by Crippen LogP contribution is 2.30. The molecule has 182 valence electrons. The molecular weight excluding hydrogens is 432 g/mol. The first-order valence-electron chi connectivity index (χ1n) is 11.6. The highest BCUT2D eigenvalue weighted by Gasteiger charge is 2.29. The van der Waals surface area contributed by atoms with Gasteiger partial charge in [-0.2, -0.15) is 8.42 Å². The Balaban J connectivity index is 3.24. The molecule has 0 aromatic heterocycles. The zero-order valence-electron chi connectivity index (χ0n) is 19.7. The SMILES string of the molecule is CCCCC(CC)CC(OC(=O)c1ccc(S(=O)(=O)O)cc1C(=O)O)C(CC)CCCC. The molecule has 0 radical (unpaired) electrons. The number of aromatic carboxylic acids is 1. The summed E-state index contributed by atoms with van der Waals surface area (Å²) in [6.07, 6.45) is 8.40. The summed E-state index contributed by atoms with van der Waals surface area (Å²) < 4.78 is 37.9. The molecule has 0 aliphatic heterocycles. The summed E-state index contributed by atoms with van der Waals surface area (Å²) >= 11 is 0. The summed E-state index contributed by atoms with van der Waals surface area (Å²) in [7, 11) is -4.60. The van der Waals surface area contributed by atoms with Gasteiger partial charge in [0.05, 0.1) is 16.0 Å². The number of esters is 1. The molecule has 1 aromatic rings. The van der Waals surface area contributed by atoms with Gasteiger partial charge in [-0.15, -0.1) is 0 Å². The Morgan fingerprint density at radius 1 is 0.969 bits per heavy atom. The predicted octanol–water partition coefficient (Wildman–Crippen LogP) is 5.98. The molecule has 0 aliphatic carbocycles. The van der Waals surface area contributed by atoms with Crippen molar-refractivity contribution in [1.82, 2.24) is 0 Å². The number of benzene rings is 1. The van der Waals surface area contributed by atoms with Crippen LogP contribution in [0, 0.1) is 11.8 Å². The van der Waals surface area contributed by atoms with E-state index in [1.165, 1.54) is 0 Å². The standard InChI is InChI=1S/C24H38O7S/c1-5-9-11-17(7-3)15-22(18(8-4)12-10-6-2)31-24(27)20-14-13-19(32(28,29)30)16-21(20)23(25)26/h13-14,16-18,22H,5-12,15H2,1-4H3,(H,25,26)(H,28,29,30). The largest absolute Gasteiger partial charge is 0.478 e. The summed E-state index contributed by atoms with van der Waals surface area (Å²) in [6, 6.07) is 2.89. The van der Waals surface area contributed by atoms with E-state index in [0.29, 0.717) is 5.92 Å². The van der Waals surface area contributed by atoms with Crippen molar-refractivity contribution in [1.29, 1.82) is 0 Å². The molecule has 0 spiro atoms. The molecule has 3 atom stereocenters. The van der Waals surface area contributed by atoms with Gasteiger partial charge < -0.3 is 9.84 Å². The van der Waals surface area contributed by atoms with E-state index in [1.807, 2.05) is 0 Å². The molecule has 0 aliphatic rings. The molecular formula is C24H38O7S. The molecule has 1 aromatic carbocycles. The van der Waals surface area contributed by atoms with E-state index in [9.17, 15) is 27.7 Å². The van der Waals surface area contributed by atoms with Crippen LogP contribution in [-0.2, 0) is 14.9 Å². The van der Waals surface area contributed by atoms with Crippen LogP contribution >= 0.6 is 0 Å². The number of hydrogen-bond acceptors (Lipinski definition) is 5. The van der Waals surface area contributed by atoms with E-state index < -0.39 is 32.5 Å². The van der Waals surface area contributed by atoms with Crippen molar-refractivity contribution in [2.75, 3.05) is 0 Å². The van der Waals surface area contributed by atoms with Crippen LogP contribution in [0.25, 0.3) is 0 Å². The quantitative estimate of drug-likeness (QED) is 0.239. The average molecular weight is 471 g/mol. The lowest BCUT2D eigenvalue weighted by atomic mass is 9.84. The summed E-state index contributed by atoms with van der Waals surface area (Å²) in [5, 5.41) is 9.51. The molecule has 7 nitrogen and oxygen atoms in total. The van der Waals surface area contributed by atoms with Crippen LogP contribution in [-0.4, -0.2) is 36.1 Å². The monoisotopic (exact) mass is 470 g/mol. The van der Waals surface area contributed by atoms with Crippen LogP contribution in [0.4, 0.5) is 0 Å². The van der Waals surface area contributed by atoms with E-state index in [0.717, 1.165) is 76.0 Å². The fourth-order valence-corrected chi connectivity index (χ4v) is 4.51. The first-order valence-corrected chi connectivity index (χ1v) is 13.1. The average Bonchev–Trinajstić information content (AvgIpc) is 2.75. The Morgan fingerprint density at radius 3 is 2.09 bits per heavy atom. The molecule has 3 unspecified atom stereocenters. The van der Waals surface area contributed by atoms with Gasteiger partial charge in [0, 0.05) is 0 Å². The Bertz CT molecular complexity index is 848. The molecule has 0 fully saturated rings. The Kier molecular flexibility index (Phi) is 11.9. The van der Waals surface area contributed by atoms with Crippen molar-refractivity contribution < 1.29 is 32.4 Å². The van der Waals surface area contributed by atoms with Gasteiger partial charge in [0.1, 0.15) is 6.10 Å². The van der Waals surface area contributed by atoms with Crippen LogP contribution in [0.1, 0.15) is 106 Å². The van der Waals surface area contributed by atoms with E-state index >= 15 is 0 Å². The summed E-state index contributed by atoms with van der Waals surface area (Å²) in [4.78, 5) is 24.1. The normalized spacial score (nSPS) is 14.5. The van der Waals surface area contributed by atoms with Crippen molar-refractivity contribution in [2.24, 2.45) is 11.8 Å². The van der Waals surface area contributed by atoms with Gasteiger partial charge >= 0.3 is 11.9 Å². The fraction of sp³-hybridized carbons (Fsp3) is 0.667. The van der Waals surface area contributed by atoms with Gasteiger partial charge in [0.25, 0.3) is 10.1 Å². The molecule has 8 heteroatoms. The number of carbonyl (C=O) groups is 2. The number of carboxylic acids is 1. The van der Waals surface area contributed by atoms with Crippen molar-refractivity contribution >= 4 is 22.1 Å². The van der Waals surface area contributed by atoms with Crippen LogP contribution in [0.15, 0.2) is 23.1 Å². The van der Waals surface area contributed by atoms with Crippen LogP contribution < -0.4 is 0 Å². The number of unbranched alkanes of at least 4 members (excludes halogenated alkanes) is 2. The van der Waals surface area contributed by atoms with E-state index in [-0.39, 0.29) is 17.6 Å². The fourth-order valence-electron chi connectivity index (χ4n) is 4.01. The minimum Gasteiger partial charge on any atom is -0.478 e. The second-order valence-corrected chi connectivity index (χ2v) is 9.82. The van der Waals surface area contributed by atoms with Gasteiger partial charge in [-0.25, -0.2) is 9.59 Å². The maximum absolute atomic E-state index is 13.0. The third kappa shape index (κ3) is 8.54. The van der Waals surface area contributed by atoms with E-state index in [2.05, 4.69) is 27.7 Å². The molecule has 0 saturated carbocycles. The molecule has 0 heterocycles. The highest BCUT2D eigenvalue weighted by molar-refractivity contribution is 7.85. The number of carboxylic acid groups (broad SMARTS) is 1.